The summed E-state index contributed by atoms with van der Waals surface area (Å²) in [4.78, 5) is 11.9. The highest BCUT2D eigenvalue weighted by molar-refractivity contribution is 7.80. The number of halogens is 1. The van der Waals surface area contributed by atoms with Crippen LogP contribution < -0.4 is 16.0 Å². The fourth-order valence-corrected chi connectivity index (χ4v) is 2.35. The normalized spacial score (nSPS) is 11.8. The maximum absolute atomic E-state index is 11.9. The van der Waals surface area contributed by atoms with Crippen LogP contribution in [0.3, 0.4) is 0 Å². The highest BCUT2D eigenvalue weighted by atomic mass is 35.5. The number of amides is 1. The molecule has 124 valence electrons. The maximum atomic E-state index is 11.9. The van der Waals surface area contributed by atoms with E-state index >= 15 is 0 Å². The van der Waals surface area contributed by atoms with Crippen LogP contribution in [0.15, 0.2) is 60.7 Å². The van der Waals surface area contributed by atoms with Gasteiger partial charge in [0.2, 0.25) is 5.91 Å². The summed E-state index contributed by atoms with van der Waals surface area (Å²) in [5.41, 5.74) is 1.78. The largest absolute Gasteiger partial charge is 0.343 e. The molecule has 2 rings (SSSR count). The number of hydrogen-bond acceptors (Lipinski definition) is 2. The average molecular weight is 360 g/mol. The first-order chi connectivity index (χ1) is 11.5. The lowest BCUT2D eigenvalue weighted by molar-refractivity contribution is -0.117. The number of rotatable bonds is 5. The van der Waals surface area contributed by atoms with Gasteiger partial charge in [0.05, 0.1) is 6.17 Å². The Labute approximate surface area is 151 Å². The van der Waals surface area contributed by atoms with Crippen molar-refractivity contribution >= 4 is 46.6 Å². The number of thiocarbonyl (C=S) groups is 1. The monoisotopic (exact) mass is 359 g/mol. The summed E-state index contributed by atoms with van der Waals surface area (Å²) in [6.45, 7) is 1.81. The third-order valence-corrected chi connectivity index (χ3v) is 3.51. The highest BCUT2D eigenvalue weighted by Gasteiger charge is 2.06. The predicted octanol–water partition coefficient (Wildman–Crippen LogP) is 3.80. The molecule has 2 aromatic rings. The van der Waals surface area contributed by atoms with E-state index in [1.165, 1.54) is 6.08 Å². The first-order valence-corrected chi connectivity index (χ1v) is 8.18. The molecular weight excluding hydrogens is 342 g/mol. The molecule has 0 saturated carbocycles. The van der Waals surface area contributed by atoms with Crippen LogP contribution in [0.2, 0.25) is 5.02 Å². The molecule has 0 spiro atoms. The summed E-state index contributed by atoms with van der Waals surface area (Å²) in [6.07, 6.45) is 2.93. The first kappa shape index (κ1) is 18.0. The molecule has 24 heavy (non-hydrogen) atoms. The molecule has 1 atom stereocenters. The van der Waals surface area contributed by atoms with Gasteiger partial charge in [0, 0.05) is 16.8 Å². The molecule has 0 bridgehead atoms. The van der Waals surface area contributed by atoms with E-state index < -0.39 is 0 Å². The van der Waals surface area contributed by atoms with Crippen LogP contribution in [-0.4, -0.2) is 17.2 Å². The lowest BCUT2D eigenvalue weighted by Crippen LogP contribution is -2.46. The molecule has 3 N–H and O–H groups in total. The Hall–Kier alpha value is -2.37. The Morgan fingerprint density at radius 3 is 2.42 bits per heavy atom. The van der Waals surface area contributed by atoms with Crippen molar-refractivity contribution in [1.29, 1.82) is 0 Å². The second kappa shape index (κ2) is 9.05. The molecule has 0 heterocycles. The Morgan fingerprint density at radius 1 is 1.08 bits per heavy atom. The van der Waals surface area contributed by atoms with Crippen LogP contribution in [0.25, 0.3) is 6.08 Å². The van der Waals surface area contributed by atoms with Crippen molar-refractivity contribution in [2.45, 2.75) is 13.1 Å². The van der Waals surface area contributed by atoms with Crippen LogP contribution in [0.4, 0.5) is 5.69 Å². The van der Waals surface area contributed by atoms with Crippen molar-refractivity contribution in [3.05, 3.63) is 71.3 Å². The lowest BCUT2D eigenvalue weighted by atomic mass is 10.2. The summed E-state index contributed by atoms with van der Waals surface area (Å²) >= 11 is 11.0. The van der Waals surface area contributed by atoms with E-state index in [4.69, 9.17) is 23.8 Å². The summed E-state index contributed by atoms with van der Waals surface area (Å²) in [5, 5.41) is 9.88. The number of hydrogen-bond donors (Lipinski definition) is 3. The van der Waals surface area contributed by atoms with Gasteiger partial charge in [-0.2, -0.15) is 0 Å². The third-order valence-electron chi connectivity index (χ3n) is 3.04. The SMILES string of the molecule is CC(NC(=O)/C=C/c1ccccc1)NC(=S)Nc1ccc(Cl)cc1. The zero-order valence-electron chi connectivity index (χ0n) is 13.1. The topological polar surface area (TPSA) is 53.2 Å². The quantitative estimate of drug-likeness (QED) is 0.432. The Balaban J connectivity index is 1.78. The van der Waals surface area contributed by atoms with E-state index in [1.807, 2.05) is 49.4 Å². The minimum absolute atomic E-state index is 0.201. The summed E-state index contributed by atoms with van der Waals surface area (Å²) in [6, 6.07) is 16.8. The molecule has 0 aliphatic heterocycles. The van der Waals surface area contributed by atoms with Crippen LogP contribution >= 0.6 is 23.8 Å². The lowest BCUT2D eigenvalue weighted by Gasteiger charge is -2.17. The van der Waals surface area contributed by atoms with Gasteiger partial charge in [0.1, 0.15) is 0 Å². The minimum atomic E-state index is -0.315. The third kappa shape index (κ3) is 6.40. The molecule has 1 amide bonds. The molecular formula is C18H18ClN3OS. The number of carbonyl (C=O) groups is 1. The van der Waals surface area contributed by atoms with Gasteiger partial charge in [-0.25, -0.2) is 0 Å². The van der Waals surface area contributed by atoms with Gasteiger partial charge >= 0.3 is 0 Å². The molecule has 0 radical (unpaired) electrons. The van der Waals surface area contributed by atoms with Crippen molar-refractivity contribution in [2.24, 2.45) is 0 Å². The second-order valence-corrected chi connectivity index (χ2v) is 5.92. The molecule has 0 aliphatic carbocycles. The fourth-order valence-electron chi connectivity index (χ4n) is 1.93. The number of benzene rings is 2. The molecule has 0 aromatic heterocycles. The van der Waals surface area contributed by atoms with Crippen molar-refractivity contribution in [3.8, 4) is 0 Å². The Kier molecular flexibility index (Phi) is 6.78. The Morgan fingerprint density at radius 2 is 1.75 bits per heavy atom. The number of anilines is 1. The van der Waals surface area contributed by atoms with Gasteiger partial charge in [-0.15, -0.1) is 0 Å². The summed E-state index contributed by atoms with van der Waals surface area (Å²) in [5.74, 6) is -0.201. The predicted molar refractivity (Wildman–Crippen MR) is 104 cm³/mol. The second-order valence-electron chi connectivity index (χ2n) is 5.08. The highest BCUT2D eigenvalue weighted by Crippen LogP contribution is 2.13. The zero-order valence-corrected chi connectivity index (χ0v) is 14.7. The molecule has 4 nitrogen and oxygen atoms in total. The van der Waals surface area contributed by atoms with E-state index in [2.05, 4.69) is 16.0 Å². The van der Waals surface area contributed by atoms with Crippen LogP contribution in [0.1, 0.15) is 12.5 Å². The van der Waals surface area contributed by atoms with Crippen molar-refractivity contribution in [2.75, 3.05) is 5.32 Å². The molecule has 2 aromatic carbocycles. The van der Waals surface area contributed by atoms with E-state index in [-0.39, 0.29) is 12.1 Å². The zero-order chi connectivity index (χ0) is 17.4. The maximum Gasteiger partial charge on any atom is 0.245 e. The van der Waals surface area contributed by atoms with Gasteiger partial charge in [-0.05, 0) is 55.0 Å². The minimum Gasteiger partial charge on any atom is -0.343 e. The van der Waals surface area contributed by atoms with Gasteiger partial charge in [0.25, 0.3) is 0 Å². The molecule has 0 fully saturated rings. The summed E-state index contributed by atoms with van der Waals surface area (Å²) < 4.78 is 0. The summed E-state index contributed by atoms with van der Waals surface area (Å²) in [7, 11) is 0. The van der Waals surface area contributed by atoms with Crippen molar-refractivity contribution in [3.63, 3.8) is 0 Å². The molecule has 0 aliphatic rings. The van der Waals surface area contributed by atoms with Crippen LogP contribution in [0.5, 0.6) is 0 Å². The van der Waals surface area contributed by atoms with Crippen LogP contribution in [-0.2, 0) is 4.79 Å². The fraction of sp³-hybridized carbons (Fsp3) is 0.111. The standard InChI is InChI=1S/C18H18ClN3OS/c1-13(20-17(23)12-7-14-5-3-2-4-6-14)21-18(24)22-16-10-8-15(19)9-11-16/h2-13H,1H3,(H,20,23)(H2,21,22,24)/b12-7+. The molecule has 0 saturated heterocycles. The van der Waals surface area contributed by atoms with E-state index in [0.717, 1.165) is 11.3 Å². The van der Waals surface area contributed by atoms with Gasteiger partial charge < -0.3 is 16.0 Å². The van der Waals surface area contributed by atoms with Gasteiger partial charge in [0.15, 0.2) is 5.11 Å². The van der Waals surface area contributed by atoms with E-state index in [9.17, 15) is 4.79 Å². The van der Waals surface area contributed by atoms with E-state index in [1.54, 1.807) is 18.2 Å². The van der Waals surface area contributed by atoms with Crippen molar-refractivity contribution < 1.29 is 4.79 Å². The first-order valence-electron chi connectivity index (χ1n) is 7.39. The van der Waals surface area contributed by atoms with Crippen LogP contribution in [0, 0.1) is 0 Å². The average Bonchev–Trinajstić information content (AvgIpc) is 2.56. The molecule has 6 heteroatoms. The smallest absolute Gasteiger partial charge is 0.245 e. The molecule has 1 unspecified atom stereocenters. The number of carbonyl (C=O) groups excluding carboxylic acids is 1. The Bertz CT molecular complexity index is 717. The van der Waals surface area contributed by atoms with Crippen molar-refractivity contribution in [1.82, 2.24) is 10.6 Å². The van der Waals surface area contributed by atoms with Gasteiger partial charge in [-0.1, -0.05) is 41.9 Å². The van der Waals surface area contributed by atoms with Gasteiger partial charge in [-0.3, -0.25) is 4.79 Å². The number of nitrogens with one attached hydrogen (secondary N) is 3. The van der Waals surface area contributed by atoms with E-state index in [0.29, 0.717) is 10.1 Å².